The van der Waals surface area contributed by atoms with Gasteiger partial charge in [0.2, 0.25) is 5.91 Å². The van der Waals surface area contributed by atoms with E-state index in [-0.39, 0.29) is 11.9 Å². The second-order valence-corrected chi connectivity index (χ2v) is 4.59. The Morgan fingerprint density at radius 2 is 2.07 bits per heavy atom. The number of likely N-dealkylation sites (N-methyl/N-ethyl adjacent to an activating group) is 1. The number of hydrogen-bond donors (Lipinski definition) is 1. The molecular weight excluding hydrogens is 190 g/mol. The third kappa shape index (κ3) is 3.80. The first-order valence-electron chi connectivity index (χ1n) is 5.76. The van der Waals surface area contributed by atoms with E-state index in [2.05, 4.69) is 4.90 Å². The predicted molar refractivity (Wildman–Crippen MR) is 61.6 cm³/mol. The molecule has 1 saturated carbocycles. The van der Waals surface area contributed by atoms with E-state index in [1.165, 1.54) is 12.8 Å². The van der Waals surface area contributed by atoms with Gasteiger partial charge in [-0.1, -0.05) is 0 Å². The quantitative estimate of drug-likeness (QED) is 0.689. The van der Waals surface area contributed by atoms with Gasteiger partial charge in [-0.2, -0.15) is 0 Å². The van der Waals surface area contributed by atoms with Crippen LogP contribution in [0.15, 0.2) is 0 Å². The molecule has 0 spiro atoms. The van der Waals surface area contributed by atoms with Gasteiger partial charge < -0.3 is 10.6 Å². The average molecular weight is 213 g/mol. The standard InChI is InChI=1S/C11H23N3O/c1-9(2)13(3)11(15)8-14(7-6-12)10-4-5-10/h9-10H,4-8,12H2,1-3H3. The lowest BCUT2D eigenvalue weighted by atomic mass is 10.3. The molecule has 0 heterocycles. The molecule has 0 saturated heterocycles. The van der Waals surface area contributed by atoms with Crippen LogP contribution in [0.1, 0.15) is 26.7 Å². The molecule has 4 heteroatoms. The molecule has 0 bridgehead atoms. The molecule has 1 rings (SSSR count). The van der Waals surface area contributed by atoms with Crippen LogP contribution in [0.25, 0.3) is 0 Å². The van der Waals surface area contributed by atoms with E-state index >= 15 is 0 Å². The highest BCUT2D eigenvalue weighted by Crippen LogP contribution is 2.26. The van der Waals surface area contributed by atoms with Gasteiger partial charge in [-0.05, 0) is 26.7 Å². The number of nitrogens with two attached hydrogens (primary N) is 1. The van der Waals surface area contributed by atoms with E-state index in [1.54, 1.807) is 4.90 Å². The molecule has 2 N–H and O–H groups in total. The summed E-state index contributed by atoms with van der Waals surface area (Å²) in [6.07, 6.45) is 2.44. The molecule has 0 aliphatic heterocycles. The van der Waals surface area contributed by atoms with Crippen LogP contribution < -0.4 is 5.73 Å². The van der Waals surface area contributed by atoms with Crippen molar-refractivity contribution < 1.29 is 4.79 Å². The SMILES string of the molecule is CC(C)N(C)C(=O)CN(CCN)C1CC1. The molecule has 15 heavy (non-hydrogen) atoms. The van der Waals surface area contributed by atoms with E-state index < -0.39 is 0 Å². The third-order valence-corrected chi connectivity index (χ3v) is 2.99. The molecule has 1 aliphatic rings. The Morgan fingerprint density at radius 1 is 1.47 bits per heavy atom. The molecule has 1 amide bonds. The van der Waals surface area contributed by atoms with Crippen molar-refractivity contribution >= 4 is 5.91 Å². The van der Waals surface area contributed by atoms with Crippen LogP contribution in [-0.2, 0) is 4.79 Å². The van der Waals surface area contributed by atoms with Crippen molar-refractivity contribution in [3.05, 3.63) is 0 Å². The summed E-state index contributed by atoms with van der Waals surface area (Å²) in [5.74, 6) is 0.199. The van der Waals surface area contributed by atoms with Gasteiger partial charge in [0, 0.05) is 32.2 Å². The van der Waals surface area contributed by atoms with Crippen molar-refractivity contribution in [3.8, 4) is 0 Å². The summed E-state index contributed by atoms with van der Waals surface area (Å²) < 4.78 is 0. The topological polar surface area (TPSA) is 49.6 Å². The monoisotopic (exact) mass is 213 g/mol. The van der Waals surface area contributed by atoms with E-state index in [9.17, 15) is 4.79 Å². The van der Waals surface area contributed by atoms with Crippen LogP contribution in [0.5, 0.6) is 0 Å². The molecule has 1 aliphatic carbocycles. The van der Waals surface area contributed by atoms with Gasteiger partial charge in [0.1, 0.15) is 0 Å². The summed E-state index contributed by atoms with van der Waals surface area (Å²) in [4.78, 5) is 15.9. The highest BCUT2D eigenvalue weighted by Gasteiger charge is 2.30. The van der Waals surface area contributed by atoms with Gasteiger partial charge in [-0.25, -0.2) is 0 Å². The molecule has 1 fully saturated rings. The lowest BCUT2D eigenvalue weighted by molar-refractivity contribution is -0.132. The second-order valence-electron chi connectivity index (χ2n) is 4.59. The largest absolute Gasteiger partial charge is 0.342 e. The summed E-state index contributed by atoms with van der Waals surface area (Å²) in [5.41, 5.74) is 5.54. The zero-order valence-electron chi connectivity index (χ0n) is 10.1. The fourth-order valence-corrected chi connectivity index (χ4v) is 1.57. The maximum Gasteiger partial charge on any atom is 0.236 e. The molecule has 4 nitrogen and oxygen atoms in total. The second kappa shape index (κ2) is 5.47. The first-order chi connectivity index (χ1) is 7.06. The van der Waals surface area contributed by atoms with Gasteiger partial charge in [0.25, 0.3) is 0 Å². The lowest BCUT2D eigenvalue weighted by Gasteiger charge is -2.26. The van der Waals surface area contributed by atoms with Crippen molar-refractivity contribution in [3.63, 3.8) is 0 Å². The van der Waals surface area contributed by atoms with Gasteiger partial charge in [-0.3, -0.25) is 9.69 Å². The number of amides is 1. The van der Waals surface area contributed by atoms with E-state index in [0.717, 1.165) is 6.54 Å². The Morgan fingerprint density at radius 3 is 2.47 bits per heavy atom. The Kier molecular flexibility index (Phi) is 4.54. The maximum absolute atomic E-state index is 11.8. The van der Waals surface area contributed by atoms with E-state index in [1.807, 2.05) is 20.9 Å². The number of carbonyl (C=O) groups is 1. The number of nitrogens with zero attached hydrogens (tertiary/aromatic N) is 2. The zero-order chi connectivity index (χ0) is 11.4. The van der Waals surface area contributed by atoms with Crippen LogP contribution >= 0.6 is 0 Å². The minimum atomic E-state index is 0.199. The fraction of sp³-hybridized carbons (Fsp3) is 0.909. The Balaban J connectivity index is 2.39. The van der Waals surface area contributed by atoms with E-state index in [4.69, 9.17) is 5.73 Å². The smallest absolute Gasteiger partial charge is 0.236 e. The van der Waals surface area contributed by atoms with E-state index in [0.29, 0.717) is 19.1 Å². The maximum atomic E-state index is 11.8. The van der Waals surface area contributed by atoms with Gasteiger partial charge >= 0.3 is 0 Å². The summed E-state index contributed by atoms with van der Waals surface area (Å²) in [7, 11) is 1.86. The van der Waals surface area contributed by atoms with Crippen molar-refractivity contribution in [1.29, 1.82) is 0 Å². The van der Waals surface area contributed by atoms with Crippen LogP contribution in [0.3, 0.4) is 0 Å². The van der Waals surface area contributed by atoms with Crippen LogP contribution in [0.4, 0.5) is 0 Å². The molecule has 88 valence electrons. The van der Waals surface area contributed by atoms with Gasteiger partial charge in [0.05, 0.1) is 6.54 Å². The first-order valence-corrected chi connectivity index (χ1v) is 5.76. The normalized spacial score (nSPS) is 16.1. The third-order valence-electron chi connectivity index (χ3n) is 2.99. The van der Waals surface area contributed by atoms with Gasteiger partial charge in [-0.15, -0.1) is 0 Å². The number of carbonyl (C=O) groups excluding carboxylic acids is 1. The van der Waals surface area contributed by atoms with Crippen LogP contribution in [-0.4, -0.2) is 54.5 Å². The minimum absolute atomic E-state index is 0.199. The van der Waals surface area contributed by atoms with Gasteiger partial charge in [0.15, 0.2) is 0 Å². The fourth-order valence-electron chi connectivity index (χ4n) is 1.57. The highest BCUT2D eigenvalue weighted by atomic mass is 16.2. The molecule has 0 aromatic rings. The van der Waals surface area contributed by atoms with Crippen LogP contribution in [0, 0.1) is 0 Å². The number of hydrogen-bond acceptors (Lipinski definition) is 3. The Hall–Kier alpha value is -0.610. The molecule has 0 unspecified atom stereocenters. The van der Waals surface area contributed by atoms with Crippen molar-refractivity contribution in [2.24, 2.45) is 5.73 Å². The van der Waals surface area contributed by atoms with Crippen LogP contribution in [0.2, 0.25) is 0 Å². The summed E-state index contributed by atoms with van der Waals surface area (Å²) >= 11 is 0. The molecule has 0 radical (unpaired) electrons. The first kappa shape index (κ1) is 12.5. The molecular formula is C11H23N3O. The zero-order valence-corrected chi connectivity index (χ0v) is 10.1. The highest BCUT2D eigenvalue weighted by molar-refractivity contribution is 5.78. The summed E-state index contributed by atoms with van der Waals surface area (Å²) in [6, 6.07) is 0.884. The lowest BCUT2D eigenvalue weighted by Crippen LogP contribution is -2.43. The predicted octanol–water partition coefficient (Wildman–Crippen LogP) is 0.276. The summed E-state index contributed by atoms with van der Waals surface area (Å²) in [5, 5.41) is 0. The molecule has 0 aromatic heterocycles. The Labute approximate surface area is 92.4 Å². The van der Waals surface area contributed by atoms with Crippen molar-refractivity contribution in [1.82, 2.24) is 9.80 Å². The summed E-state index contributed by atoms with van der Waals surface area (Å²) in [6.45, 7) is 6.05. The van der Waals surface area contributed by atoms with Crippen molar-refractivity contribution in [2.45, 2.75) is 38.8 Å². The average Bonchev–Trinajstić information content (AvgIpc) is 2.98. The Bertz CT molecular complexity index is 214. The molecule has 0 aromatic carbocycles. The molecule has 0 atom stereocenters. The minimum Gasteiger partial charge on any atom is -0.342 e. The van der Waals surface area contributed by atoms with Crippen molar-refractivity contribution in [2.75, 3.05) is 26.7 Å². The number of rotatable bonds is 6.